The van der Waals surface area contributed by atoms with Crippen molar-refractivity contribution in [2.45, 2.75) is 20.0 Å². The van der Waals surface area contributed by atoms with Crippen LogP contribution in [0.1, 0.15) is 11.3 Å². The maximum absolute atomic E-state index is 12.5. The van der Waals surface area contributed by atoms with E-state index in [1.807, 2.05) is 13.0 Å². The molecule has 0 atom stereocenters. The monoisotopic (exact) mass is 344 g/mol. The number of aryl methyl sites for hydroxylation is 2. The molecule has 0 saturated heterocycles. The van der Waals surface area contributed by atoms with Crippen molar-refractivity contribution in [3.05, 3.63) is 56.8 Å². The molecule has 0 unspecified atom stereocenters. The predicted octanol–water partition coefficient (Wildman–Crippen LogP) is 0.599. The number of carbonyl (C=O) groups excluding carboxylic acids is 1. The van der Waals surface area contributed by atoms with Gasteiger partial charge in [-0.1, -0.05) is 0 Å². The molecule has 3 aromatic heterocycles. The molecule has 0 aliphatic rings. The molecule has 0 radical (unpaired) electrons. The zero-order valence-corrected chi connectivity index (χ0v) is 14.6. The van der Waals surface area contributed by atoms with Crippen molar-refractivity contribution in [3.63, 3.8) is 0 Å². The van der Waals surface area contributed by atoms with Gasteiger partial charge in [-0.25, -0.2) is 4.79 Å². The molecule has 0 saturated carbocycles. The van der Waals surface area contributed by atoms with E-state index in [0.29, 0.717) is 17.6 Å². The number of amides is 1. The van der Waals surface area contributed by atoms with Crippen molar-refractivity contribution in [2.24, 2.45) is 14.1 Å². The smallest absolute Gasteiger partial charge is 0.332 e. The number of hydrogen-bond acceptors (Lipinski definition) is 4. The lowest BCUT2D eigenvalue weighted by molar-refractivity contribution is -0.131. The SMILES string of the molecule is Cc1ccoc1CN(C)C(=O)Cn1ccc2c(=O)n(C)c(=O)n(C)c21. The van der Waals surface area contributed by atoms with Gasteiger partial charge in [-0.15, -0.1) is 0 Å². The number of aromatic nitrogens is 3. The predicted molar refractivity (Wildman–Crippen MR) is 92.3 cm³/mol. The van der Waals surface area contributed by atoms with Gasteiger partial charge in [0.25, 0.3) is 5.56 Å². The van der Waals surface area contributed by atoms with Crippen LogP contribution in [0.15, 0.2) is 38.6 Å². The number of hydrogen-bond donors (Lipinski definition) is 0. The number of furan rings is 1. The van der Waals surface area contributed by atoms with Crippen molar-refractivity contribution >= 4 is 16.9 Å². The first-order valence-electron chi connectivity index (χ1n) is 7.83. The van der Waals surface area contributed by atoms with Crippen LogP contribution in [-0.4, -0.2) is 31.6 Å². The Morgan fingerprint density at radius 3 is 2.56 bits per heavy atom. The van der Waals surface area contributed by atoms with E-state index < -0.39 is 5.69 Å². The topological polar surface area (TPSA) is 82.4 Å². The molecule has 0 aliphatic heterocycles. The van der Waals surface area contributed by atoms with Crippen LogP contribution >= 0.6 is 0 Å². The van der Waals surface area contributed by atoms with Crippen LogP contribution in [0.5, 0.6) is 0 Å². The summed E-state index contributed by atoms with van der Waals surface area (Å²) in [5.41, 5.74) is 0.620. The third-order valence-corrected chi connectivity index (χ3v) is 4.44. The Morgan fingerprint density at radius 1 is 1.20 bits per heavy atom. The number of nitrogens with zero attached hydrogens (tertiary/aromatic N) is 4. The average Bonchev–Trinajstić information content (AvgIpc) is 3.17. The molecule has 0 spiro atoms. The van der Waals surface area contributed by atoms with Crippen LogP contribution in [0.4, 0.5) is 0 Å². The minimum Gasteiger partial charge on any atom is -0.467 e. The summed E-state index contributed by atoms with van der Waals surface area (Å²) in [5.74, 6) is 0.580. The Hall–Kier alpha value is -3.03. The molecule has 0 N–H and O–H groups in total. The maximum atomic E-state index is 12.5. The van der Waals surface area contributed by atoms with E-state index in [9.17, 15) is 14.4 Å². The summed E-state index contributed by atoms with van der Waals surface area (Å²) < 4.78 is 9.41. The van der Waals surface area contributed by atoms with Gasteiger partial charge in [-0.3, -0.25) is 18.7 Å². The number of fused-ring (bicyclic) bond motifs is 1. The van der Waals surface area contributed by atoms with Crippen molar-refractivity contribution in [1.82, 2.24) is 18.6 Å². The second-order valence-electron chi connectivity index (χ2n) is 6.16. The van der Waals surface area contributed by atoms with Crippen molar-refractivity contribution < 1.29 is 9.21 Å². The van der Waals surface area contributed by atoms with Crippen molar-refractivity contribution in [3.8, 4) is 0 Å². The normalized spacial score (nSPS) is 11.2. The lowest BCUT2D eigenvalue weighted by atomic mass is 10.2. The Bertz CT molecular complexity index is 1070. The molecular formula is C17H20N4O4. The van der Waals surface area contributed by atoms with Crippen molar-refractivity contribution in [1.29, 1.82) is 0 Å². The molecule has 0 bridgehead atoms. The van der Waals surface area contributed by atoms with Crippen molar-refractivity contribution in [2.75, 3.05) is 7.05 Å². The lowest BCUT2D eigenvalue weighted by Gasteiger charge is -2.17. The highest BCUT2D eigenvalue weighted by molar-refractivity contribution is 5.80. The van der Waals surface area contributed by atoms with E-state index in [0.717, 1.165) is 15.9 Å². The third-order valence-electron chi connectivity index (χ3n) is 4.44. The Labute approximate surface area is 143 Å². The fourth-order valence-electron chi connectivity index (χ4n) is 2.85. The zero-order chi connectivity index (χ0) is 18.3. The molecule has 8 nitrogen and oxygen atoms in total. The second kappa shape index (κ2) is 6.12. The van der Waals surface area contributed by atoms with Crippen LogP contribution in [0, 0.1) is 6.92 Å². The largest absolute Gasteiger partial charge is 0.467 e. The Kier molecular flexibility index (Phi) is 4.12. The Balaban J connectivity index is 1.91. The van der Waals surface area contributed by atoms with E-state index in [2.05, 4.69) is 0 Å². The first-order chi connectivity index (χ1) is 11.8. The molecular weight excluding hydrogens is 324 g/mol. The van der Waals surface area contributed by atoms with E-state index in [4.69, 9.17) is 4.42 Å². The van der Waals surface area contributed by atoms with Crippen LogP contribution in [0.3, 0.4) is 0 Å². The van der Waals surface area contributed by atoms with E-state index in [-0.39, 0.29) is 18.0 Å². The summed E-state index contributed by atoms with van der Waals surface area (Å²) >= 11 is 0. The average molecular weight is 344 g/mol. The van der Waals surface area contributed by atoms with Gasteiger partial charge in [-0.05, 0) is 24.6 Å². The summed E-state index contributed by atoms with van der Waals surface area (Å²) in [6.07, 6.45) is 3.24. The first-order valence-corrected chi connectivity index (χ1v) is 7.83. The summed E-state index contributed by atoms with van der Waals surface area (Å²) in [5, 5.41) is 0.405. The molecule has 3 rings (SSSR count). The zero-order valence-electron chi connectivity index (χ0n) is 14.6. The van der Waals surface area contributed by atoms with Gasteiger partial charge in [0, 0.05) is 27.3 Å². The number of carbonyl (C=O) groups is 1. The number of likely N-dealkylation sites (N-methyl/N-ethyl adjacent to an activating group) is 1. The first kappa shape index (κ1) is 16.8. The molecule has 132 valence electrons. The summed E-state index contributed by atoms with van der Waals surface area (Å²) in [7, 11) is 4.71. The number of rotatable bonds is 4. The molecule has 8 heteroatoms. The summed E-state index contributed by atoms with van der Waals surface area (Å²) in [6, 6.07) is 3.47. The van der Waals surface area contributed by atoms with E-state index in [1.54, 1.807) is 42.1 Å². The molecule has 0 aromatic carbocycles. The quantitative estimate of drug-likeness (QED) is 0.694. The Morgan fingerprint density at radius 2 is 1.92 bits per heavy atom. The highest BCUT2D eigenvalue weighted by atomic mass is 16.3. The molecule has 0 aliphatic carbocycles. The van der Waals surface area contributed by atoms with Gasteiger partial charge in [0.2, 0.25) is 5.91 Å². The fraction of sp³-hybridized carbons (Fsp3) is 0.353. The van der Waals surface area contributed by atoms with E-state index in [1.165, 1.54) is 11.6 Å². The molecule has 1 amide bonds. The molecule has 3 heterocycles. The minimum atomic E-state index is -0.426. The van der Waals surface area contributed by atoms with Crippen LogP contribution in [0.2, 0.25) is 0 Å². The fourth-order valence-corrected chi connectivity index (χ4v) is 2.85. The van der Waals surface area contributed by atoms with Gasteiger partial charge >= 0.3 is 5.69 Å². The van der Waals surface area contributed by atoms with Crippen LogP contribution < -0.4 is 11.2 Å². The van der Waals surface area contributed by atoms with Gasteiger partial charge in [0.1, 0.15) is 18.0 Å². The lowest BCUT2D eigenvalue weighted by Crippen LogP contribution is -2.37. The molecule has 25 heavy (non-hydrogen) atoms. The van der Waals surface area contributed by atoms with Crippen LogP contribution in [-0.2, 0) is 32.0 Å². The summed E-state index contributed by atoms with van der Waals surface area (Å²) in [6.45, 7) is 2.31. The van der Waals surface area contributed by atoms with Gasteiger partial charge < -0.3 is 13.9 Å². The highest BCUT2D eigenvalue weighted by Crippen LogP contribution is 2.13. The van der Waals surface area contributed by atoms with Crippen LogP contribution in [0.25, 0.3) is 11.0 Å². The van der Waals surface area contributed by atoms with E-state index >= 15 is 0 Å². The molecule has 0 fully saturated rings. The third kappa shape index (κ3) is 2.79. The van der Waals surface area contributed by atoms with Gasteiger partial charge in [0.15, 0.2) is 0 Å². The van der Waals surface area contributed by atoms with Gasteiger partial charge in [-0.2, -0.15) is 0 Å². The standard InChI is InChI=1S/C17H20N4O4/c1-11-6-8-25-13(11)9-18(2)14(22)10-21-7-5-12-15(21)19(3)17(24)20(4)16(12)23/h5-8H,9-10H2,1-4H3. The second-order valence-corrected chi connectivity index (χ2v) is 6.16. The minimum absolute atomic E-state index is 0.0280. The summed E-state index contributed by atoms with van der Waals surface area (Å²) in [4.78, 5) is 38.4. The maximum Gasteiger partial charge on any atom is 0.332 e. The molecule has 3 aromatic rings. The van der Waals surface area contributed by atoms with Gasteiger partial charge in [0.05, 0.1) is 18.2 Å². The highest BCUT2D eigenvalue weighted by Gasteiger charge is 2.17.